The molecule has 2 aromatic carbocycles. The van der Waals surface area contributed by atoms with Crippen LogP contribution in [-0.2, 0) is 19.4 Å². The molecule has 8 heteroatoms. The van der Waals surface area contributed by atoms with Gasteiger partial charge in [0.05, 0.1) is 17.0 Å². The van der Waals surface area contributed by atoms with Gasteiger partial charge in [-0.25, -0.2) is 4.98 Å². The third-order valence-corrected chi connectivity index (χ3v) is 7.92. The highest BCUT2D eigenvalue weighted by Crippen LogP contribution is 2.40. The minimum atomic E-state index is -0.0970. The van der Waals surface area contributed by atoms with Crippen LogP contribution in [0.25, 0.3) is 21.6 Å². The van der Waals surface area contributed by atoms with Crippen molar-refractivity contribution in [3.8, 4) is 22.9 Å². The van der Waals surface area contributed by atoms with Crippen molar-refractivity contribution in [1.29, 1.82) is 0 Å². The first kappa shape index (κ1) is 24.2. The summed E-state index contributed by atoms with van der Waals surface area (Å²) in [5.74, 6) is 1.43. The zero-order valence-electron chi connectivity index (χ0n) is 19.5. The number of hydrogen-bond donors (Lipinski definition) is 1. The van der Waals surface area contributed by atoms with E-state index in [9.17, 15) is 4.79 Å². The Morgan fingerprint density at radius 3 is 2.57 bits per heavy atom. The molecule has 2 aromatic heterocycles. The van der Waals surface area contributed by atoms with Crippen LogP contribution < -0.4 is 15.0 Å². The number of aromatic amines is 1. The molecule has 4 aromatic rings. The number of rotatable bonds is 6. The SMILES string of the molecule is CCOc1cc(-c2nc3sc4c(c3c(=O)[nH]2)CCCCCC4)cc(Cl)c1OCc1ccc(Cl)cc1. The molecule has 2 heterocycles. The number of fused-ring (bicyclic) bond motifs is 3. The molecule has 0 aliphatic heterocycles. The monoisotopic (exact) mass is 528 g/mol. The van der Waals surface area contributed by atoms with Crippen molar-refractivity contribution >= 4 is 44.8 Å². The van der Waals surface area contributed by atoms with Crippen LogP contribution in [0.2, 0.25) is 10.0 Å². The maximum absolute atomic E-state index is 13.2. The van der Waals surface area contributed by atoms with Crippen molar-refractivity contribution in [3.63, 3.8) is 0 Å². The minimum Gasteiger partial charge on any atom is -0.490 e. The van der Waals surface area contributed by atoms with E-state index in [0.29, 0.717) is 46.1 Å². The first-order valence-electron chi connectivity index (χ1n) is 11.9. The number of aromatic nitrogens is 2. The second kappa shape index (κ2) is 10.6. The third kappa shape index (κ3) is 5.20. The van der Waals surface area contributed by atoms with Gasteiger partial charge in [0.25, 0.3) is 5.56 Å². The molecule has 0 atom stereocenters. The summed E-state index contributed by atoms with van der Waals surface area (Å²) >= 11 is 14.3. The molecule has 0 spiro atoms. The lowest BCUT2D eigenvalue weighted by molar-refractivity contribution is 0.269. The van der Waals surface area contributed by atoms with Gasteiger partial charge in [0.15, 0.2) is 11.5 Å². The molecule has 182 valence electrons. The second-order valence-electron chi connectivity index (χ2n) is 8.65. The number of aryl methyl sites for hydroxylation is 2. The number of hydrogen-bond acceptors (Lipinski definition) is 5. The summed E-state index contributed by atoms with van der Waals surface area (Å²) in [5.41, 5.74) is 2.73. The van der Waals surface area contributed by atoms with Crippen LogP contribution in [-0.4, -0.2) is 16.6 Å². The Bertz CT molecular complexity index is 1410. The van der Waals surface area contributed by atoms with Crippen molar-refractivity contribution in [1.82, 2.24) is 9.97 Å². The van der Waals surface area contributed by atoms with Gasteiger partial charge in [-0.05, 0) is 68.0 Å². The molecule has 0 fully saturated rings. The Morgan fingerprint density at radius 2 is 1.80 bits per heavy atom. The van der Waals surface area contributed by atoms with E-state index < -0.39 is 0 Å². The number of halogens is 2. The Balaban J connectivity index is 1.50. The van der Waals surface area contributed by atoms with E-state index in [-0.39, 0.29) is 5.56 Å². The first-order chi connectivity index (χ1) is 17.0. The smallest absolute Gasteiger partial charge is 0.260 e. The minimum absolute atomic E-state index is 0.0970. The Labute approximate surface area is 218 Å². The van der Waals surface area contributed by atoms with E-state index in [4.69, 9.17) is 37.7 Å². The van der Waals surface area contributed by atoms with E-state index in [1.165, 1.54) is 23.3 Å². The van der Waals surface area contributed by atoms with Gasteiger partial charge < -0.3 is 14.5 Å². The molecule has 0 amide bonds. The Morgan fingerprint density at radius 1 is 1.03 bits per heavy atom. The van der Waals surface area contributed by atoms with Crippen molar-refractivity contribution in [2.24, 2.45) is 0 Å². The Hall–Kier alpha value is -2.54. The molecular weight excluding hydrogens is 503 g/mol. The predicted molar refractivity (Wildman–Crippen MR) is 144 cm³/mol. The van der Waals surface area contributed by atoms with Crippen molar-refractivity contribution in [2.75, 3.05) is 6.61 Å². The zero-order chi connectivity index (χ0) is 24.4. The normalized spacial score (nSPS) is 13.8. The lowest BCUT2D eigenvalue weighted by atomic mass is 9.98. The maximum Gasteiger partial charge on any atom is 0.260 e. The molecule has 5 nitrogen and oxygen atoms in total. The molecule has 1 N–H and O–H groups in total. The highest BCUT2D eigenvalue weighted by atomic mass is 35.5. The molecule has 0 saturated heterocycles. The summed E-state index contributed by atoms with van der Waals surface area (Å²) in [5, 5.41) is 1.80. The van der Waals surface area contributed by atoms with Gasteiger partial charge in [-0.3, -0.25) is 4.79 Å². The van der Waals surface area contributed by atoms with Crippen molar-refractivity contribution in [2.45, 2.75) is 52.1 Å². The van der Waals surface area contributed by atoms with E-state index in [2.05, 4.69) is 4.98 Å². The predicted octanol–water partition coefficient (Wildman–Crippen LogP) is 7.60. The van der Waals surface area contributed by atoms with Gasteiger partial charge >= 0.3 is 0 Å². The summed E-state index contributed by atoms with van der Waals surface area (Å²) in [4.78, 5) is 23.1. The molecule has 0 unspecified atom stereocenters. The molecule has 1 aliphatic carbocycles. The fraction of sp³-hybridized carbons (Fsp3) is 0.333. The van der Waals surface area contributed by atoms with Crippen molar-refractivity contribution < 1.29 is 9.47 Å². The fourth-order valence-electron chi connectivity index (χ4n) is 4.50. The molecule has 35 heavy (non-hydrogen) atoms. The standard InChI is InChI=1S/C27H26Cl2N2O3S/c1-2-33-21-14-17(13-20(29)24(21)34-15-16-9-11-18(28)12-10-16)25-30-26(32)23-19-7-5-3-4-6-8-22(19)35-27(23)31-25/h9-14H,2-8,15H2,1H3,(H,30,31,32). The van der Waals surface area contributed by atoms with Crippen LogP contribution in [0.15, 0.2) is 41.2 Å². The van der Waals surface area contributed by atoms with Crippen LogP contribution in [0.3, 0.4) is 0 Å². The van der Waals surface area contributed by atoms with Crippen LogP contribution in [0.4, 0.5) is 0 Å². The van der Waals surface area contributed by atoms with Gasteiger partial charge in [0.2, 0.25) is 0 Å². The number of H-pyrrole nitrogens is 1. The highest BCUT2D eigenvalue weighted by molar-refractivity contribution is 7.18. The van der Waals surface area contributed by atoms with E-state index in [0.717, 1.165) is 41.5 Å². The average molecular weight is 529 g/mol. The maximum atomic E-state index is 13.2. The molecule has 1 aliphatic rings. The molecular formula is C27H26Cl2N2O3S. The number of thiophene rings is 1. The van der Waals surface area contributed by atoms with E-state index in [1.807, 2.05) is 37.3 Å². The Kier molecular flexibility index (Phi) is 7.32. The number of nitrogens with one attached hydrogen (secondary N) is 1. The van der Waals surface area contributed by atoms with Crippen LogP contribution in [0.5, 0.6) is 11.5 Å². The first-order valence-corrected chi connectivity index (χ1v) is 13.5. The summed E-state index contributed by atoms with van der Waals surface area (Å²) in [6, 6.07) is 11.0. The second-order valence-corrected chi connectivity index (χ2v) is 10.6. The summed E-state index contributed by atoms with van der Waals surface area (Å²) in [6.45, 7) is 2.66. The molecule has 0 radical (unpaired) electrons. The molecule has 5 rings (SSSR count). The van der Waals surface area contributed by atoms with Crippen LogP contribution in [0.1, 0.15) is 48.6 Å². The number of ether oxygens (including phenoxy) is 2. The zero-order valence-corrected chi connectivity index (χ0v) is 21.8. The third-order valence-electron chi connectivity index (χ3n) is 6.20. The van der Waals surface area contributed by atoms with Gasteiger partial charge in [-0.15, -0.1) is 11.3 Å². The lowest BCUT2D eigenvalue weighted by Crippen LogP contribution is -2.11. The van der Waals surface area contributed by atoms with Gasteiger partial charge in [0, 0.05) is 15.5 Å². The van der Waals surface area contributed by atoms with Gasteiger partial charge in [-0.2, -0.15) is 0 Å². The van der Waals surface area contributed by atoms with Crippen molar-refractivity contribution in [3.05, 3.63) is 72.8 Å². The largest absolute Gasteiger partial charge is 0.490 e. The highest BCUT2D eigenvalue weighted by Gasteiger charge is 2.20. The summed E-state index contributed by atoms with van der Waals surface area (Å²) in [6.07, 6.45) is 6.70. The fourth-order valence-corrected chi connectivity index (χ4v) is 6.15. The van der Waals surface area contributed by atoms with Crippen LogP contribution >= 0.6 is 34.5 Å². The number of nitrogens with zero attached hydrogens (tertiary/aromatic N) is 1. The quantitative estimate of drug-likeness (QED) is 0.279. The molecule has 0 bridgehead atoms. The van der Waals surface area contributed by atoms with E-state index in [1.54, 1.807) is 17.4 Å². The topological polar surface area (TPSA) is 64.2 Å². The average Bonchev–Trinajstić information content (AvgIpc) is 3.16. The van der Waals surface area contributed by atoms with Gasteiger partial charge in [-0.1, -0.05) is 48.2 Å². The summed E-state index contributed by atoms with van der Waals surface area (Å²) in [7, 11) is 0. The van der Waals surface area contributed by atoms with Gasteiger partial charge in [0.1, 0.15) is 17.3 Å². The lowest BCUT2D eigenvalue weighted by Gasteiger charge is -2.15. The summed E-state index contributed by atoms with van der Waals surface area (Å²) < 4.78 is 11.9. The van der Waals surface area contributed by atoms with E-state index >= 15 is 0 Å². The molecule has 0 saturated carbocycles. The number of benzene rings is 2. The van der Waals surface area contributed by atoms with Crippen LogP contribution in [0, 0.1) is 0 Å².